The van der Waals surface area contributed by atoms with Crippen LogP contribution in [0.25, 0.3) is 0 Å². The zero-order valence-corrected chi connectivity index (χ0v) is 15.9. The van der Waals surface area contributed by atoms with E-state index in [1.54, 1.807) is 4.90 Å². The summed E-state index contributed by atoms with van der Waals surface area (Å²) in [6.45, 7) is 8.75. The monoisotopic (exact) mass is 349 g/mol. The van der Waals surface area contributed by atoms with E-state index in [-0.39, 0.29) is 11.8 Å². The van der Waals surface area contributed by atoms with Crippen LogP contribution in [0.3, 0.4) is 0 Å². The van der Waals surface area contributed by atoms with E-state index in [9.17, 15) is 9.59 Å². The predicted molar refractivity (Wildman–Crippen MR) is 99.2 cm³/mol. The smallest absolute Gasteiger partial charge is 0.242 e. The first-order chi connectivity index (χ1) is 12.2. The van der Waals surface area contributed by atoms with Crippen LogP contribution in [-0.4, -0.2) is 72.3 Å². The summed E-state index contributed by atoms with van der Waals surface area (Å²) >= 11 is 0. The fourth-order valence-corrected chi connectivity index (χ4v) is 4.17. The summed E-state index contributed by atoms with van der Waals surface area (Å²) in [6, 6.07) is 0. The first-order valence-electron chi connectivity index (χ1n) is 10.4. The van der Waals surface area contributed by atoms with Crippen LogP contribution in [0, 0.1) is 11.8 Å². The molecule has 3 aliphatic rings. The second kappa shape index (κ2) is 9.02. The van der Waals surface area contributed by atoms with E-state index in [4.69, 9.17) is 0 Å². The van der Waals surface area contributed by atoms with Gasteiger partial charge in [-0.1, -0.05) is 6.92 Å². The molecule has 1 aliphatic carbocycles. The fourth-order valence-electron chi connectivity index (χ4n) is 4.17. The van der Waals surface area contributed by atoms with Gasteiger partial charge in [0, 0.05) is 32.6 Å². The van der Waals surface area contributed by atoms with Crippen molar-refractivity contribution in [3.05, 3.63) is 0 Å². The van der Waals surface area contributed by atoms with Crippen molar-refractivity contribution in [2.75, 3.05) is 45.8 Å². The van der Waals surface area contributed by atoms with Crippen molar-refractivity contribution in [3.63, 3.8) is 0 Å². The summed E-state index contributed by atoms with van der Waals surface area (Å²) in [5, 5.41) is 0. The Kier molecular flexibility index (Phi) is 6.74. The molecule has 3 fully saturated rings. The SMILES string of the molecule is CCN(CCC1CCN(C(=O)CN2CCCCC2=O)CC1)CC1CC1. The number of nitrogens with zero attached hydrogens (tertiary/aromatic N) is 3. The first-order valence-corrected chi connectivity index (χ1v) is 10.4. The maximum atomic E-state index is 12.5. The Balaban J connectivity index is 1.34. The highest BCUT2D eigenvalue weighted by molar-refractivity contribution is 5.85. The van der Waals surface area contributed by atoms with Crippen LogP contribution in [0.15, 0.2) is 0 Å². The molecule has 2 aliphatic heterocycles. The van der Waals surface area contributed by atoms with Crippen molar-refractivity contribution in [1.82, 2.24) is 14.7 Å². The van der Waals surface area contributed by atoms with Gasteiger partial charge in [-0.3, -0.25) is 9.59 Å². The Hall–Kier alpha value is -1.10. The minimum Gasteiger partial charge on any atom is -0.341 e. The zero-order chi connectivity index (χ0) is 17.6. The number of carbonyl (C=O) groups excluding carboxylic acids is 2. The van der Waals surface area contributed by atoms with Gasteiger partial charge in [0.1, 0.15) is 0 Å². The van der Waals surface area contributed by atoms with Crippen LogP contribution in [0.4, 0.5) is 0 Å². The highest BCUT2D eigenvalue weighted by Crippen LogP contribution is 2.30. The molecule has 1 saturated carbocycles. The third-order valence-electron chi connectivity index (χ3n) is 6.23. The highest BCUT2D eigenvalue weighted by atomic mass is 16.2. The summed E-state index contributed by atoms with van der Waals surface area (Å²) in [5.74, 6) is 2.04. The minimum atomic E-state index is 0.151. The molecule has 5 nitrogen and oxygen atoms in total. The van der Waals surface area contributed by atoms with Gasteiger partial charge in [-0.25, -0.2) is 0 Å². The Morgan fingerprint density at radius 2 is 1.84 bits per heavy atom. The van der Waals surface area contributed by atoms with Crippen LogP contribution in [0.2, 0.25) is 0 Å². The second-order valence-corrected chi connectivity index (χ2v) is 8.22. The Bertz CT molecular complexity index is 456. The zero-order valence-electron chi connectivity index (χ0n) is 15.9. The van der Waals surface area contributed by atoms with Crippen molar-refractivity contribution in [2.45, 2.75) is 58.3 Å². The van der Waals surface area contributed by atoms with Gasteiger partial charge in [-0.15, -0.1) is 0 Å². The maximum absolute atomic E-state index is 12.5. The number of hydrogen-bond donors (Lipinski definition) is 0. The first kappa shape index (κ1) is 18.7. The van der Waals surface area contributed by atoms with Crippen LogP contribution >= 0.6 is 0 Å². The molecule has 2 amide bonds. The highest BCUT2D eigenvalue weighted by Gasteiger charge is 2.27. The molecule has 2 heterocycles. The molecule has 0 radical (unpaired) electrons. The molecule has 0 spiro atoms. The number of piperidine rings is 2. The number of likely N-dealkylation sites (tertiary alicyclic amines) is 2. The van der Waals surface area contributed by atoms with Crippen LogP contribution < -0.4 is 0 Å². The molecule has 3 rings (SSSR count). The van der Waals surface area contributed by atoms with Crippen molar-refractivity contribution in [2.24, 2.45) is 11.8 Å². The summed E-state index contributed by atoms with van der Waals surface area (Å²) in [7, 11) is 0. The molecular weight excluding hydrogens is 314 g/mol. The quantitative estimate of drug-likeness (QED) is 0.676. The molecule has 142 valence electrons. The Morgan fingerprint density at radius 1 is 1.08 bits per heavy atom. The van der Waals surface area contributed by atoms with E-state index in [0.717, 1.165) is 63.7 Å². The molecule has 0 aromatic rings. The predicted octanol–water partition coefficient (Wildman–Crippen LogP) is 2.36. The van der Waals surface area contributed by atoms with Crippen molar-refractivity contribution >= 4 is 11.8 Å². The summed E-state index contributed by atoms with van der Waals surface area (Å²) in [5.41, 5.74) is 0. The molecule has 2 saturated heterocycles. The van der Waals surface area contributed by atoms with Crippen LogP contribution in [0.1, 0.15) is 58.3 Å². The molecule has 0 N–H and O–H groups in total. The molecule has 0 atom stereocenters. The molecule has 0 aromatic carbocycles. The van der Waals surface area contributed by atoms with Gasteiger partial charge < -0.3 is 14.7 Å². The van der Waals surface area contributed by atoms with E-state index >= 15 is 0 Å². The van der Waals surface area contributed by atoms with E-state index in [2.05, 4.69) is 11.8 Å². The van der Waals surface area contributed by atoms with Crippen molar-refractivity contribution < 1.29 is 9.59 Å². The summed E-state index contributed by atoms with van der Waals surface area (Å²) in [6.07, 6.45) is 9.01. The number of carbonyl (C=O) groups is 2. The molecule has 0 bridgehead atoms. The Morgan fingerprint density at radius 3 is 2.48 bits per heavy atom. The lowest BCUT2D eigenvalue weighted by Crippen LogP contribution is -2.47. The molecule has 0 unspecified atom stereocenters. The molecule has 0 aromatic heterocycles. The number of rotatable bonds is 8. The summed E-state index contributed by atoms with van der Waals surface area (Å²) < 4.78 is 0. The number of hydrogen-bond acceptors (Lipinski definition) is 3. The lowest BCUT2D eigenvalue weighted by atomic mass is 9.93. The third-order valence-corrected chi connectivity index (χ3v) is 6.23. The van der Waals surface area contributed by atoms with E-state index in [1.807, 2.05) is 4.90 Å². The standard InChI is InChI=1S/C20H35N3O2/c1-2-21(15-18-6-7-18)12-8-17-9-13-22(14-10-17)20(25)16-23-11-4-3-5-19(23)24/h17-18H,2-16H2,1H3. The van der Waals surface area contributed by atoms with Crippen molar-refractivity contribution in [1.29, 1.82) is 0 Å². The van der Waals surface area contributed by atoms with Gasteiger partial charge in [0.25, 0.3) is 0 Å². The van der Waals surface area contributed by atoms with Crippen molar-refractivity contribution in [3.8, 4) is 0 Å². The maximum Gasteiger partial charge on any atom is 0.242 e. The lowest BCUT2D eigenvalue weighted by molar-refractivity contribution is -0.142. The fraction of sp³-hybridized carbons (Fsp3) is 0.900. The average molecular weight is 350 g/mol. The van der Waals surface area contributed by atoms with Gasteiger partial charge >= 0.3 is 0 Å². The summed E-state index contributed by atoms with van der Waals surface area (Å²) in [4.78, 5) is 30.7. The minimum absolute atomic E-state index is 0.151. The number of amides is 2. The van der Waals surface area contributed by atoms with E-state index < -0.39 is 0 Å². The van der Waals surface area contributed by atoms with Crippen LogP contribution in [0.5, 0.6) is 0 Å². The van der Waals surface area contributed by atoms with Gasteiger partial charge in [-0.2, -0.15) is 0 Å². The molecular formula is C20H35N3O2. The average Bonchev–Trinajstić information content (AvgIpc) is 3.45. The van der Waals surface area contributed by atoms with Crippen LogP contribution in [-0.2, 0) is 9.59 Å². The molecule has 25 heavy (non-hydrogen) atoms. The largest absolute Gasteiger partial charge is 0.341 e. The van der Waals surface area contributed by atoms with Gasteiger partial charge in [0.2, 0.25) is 11.8 Å². The topological polar surface area (TPSA) is 43.9 Å². The van der Waals surface area contributed by atoms with Gasteiger partial charge in [0.05, 0.1) is 6.54 Å². The molecule has 5 heteroatoms. The normalized spacial score (nSPS) is 22.7. The Labute approximate surface area is 152 Å². The second-order valence-electron chi connectivity index (χ2n) is 8.22. The van der Waals surface area contributed by atoms with Gasteiger partial charge in [0.15, 0.2) is 0 Å². The van der Waals surface area contributed by atoms with E-state index in [0.29, 0.717) is 13.0 Å². The van der Waals surface area contributed by atoms with Gasteiger partial charge in [-0.05, 0) is 69.9 Å². The van der Waals surface area contributed by atoms with E-state index in [1.165, 1.54) is 32.4 Å². The lowest BCUT2D eigenvalue weighted by Gasteiger charge is -2.35. The third kappa shape index (κ3) is 5.70.